The number of carbonyl (C=O) groups is 1. The van der Waals surface area contributed by atoms with E-state index in [0.717, 1.165) is 0 Å². The van der Waals surface area contributed by atoms with Gasteiger partial charge in [0, 0.05) is 6.20 Å². The van der Waals surface area contributed by atoms with Gasteiger partial charge in [-0.1, -0.05) is 0 Å². The van der Waals surface area contributed by atoms with E-state index < -0.39 is 12.0 Å². The first-order valence-electron chi connectivity index (χ1n) is 4.10. The van der Waals surface area contributed by atoms with Gasteiger partial charge in [-0.3, -0.25) is 9.78 Å². The van der Waals surface area contributed by atoms with Crippen molar-refractivity contribution in [3.63, 3.8) is 0 Å². The molecule has 0 fully saturated rings. The van der Waals surface area contributed by atoms with Crippen molar-refractivity contribution >= 4 is 5.97 Å². The fraction of sp³-hybridized carbons (Fsp3) is 0.333. The zero-order valence-corrected chi connectivity index (χ0v) is 7.84. The molecule has 0 saturated carbocycles. The molecule has 0 saturated heterocycles. The van der Waals surface area contributed by atoms with Crippen LogP contribution in [0.2, 0.25) is 0 Å². The molecule has 0 aliphatic heterocycles. The van der Waals surface area contributed by atoms with Crippen LogP contribution in [-0.4, -0.2) is 30.7 Å². The van der Waals surface area contributed by atoms with Crippen LogP contribution in [0.1, 0.15) is 0 Å². The van der Waals surface area contributed by atoms with Crippen molar-refractivity contribution < 1.29 is 14.3 Å². The predicted molar refractivity (Wildman–Crippen MR) is 49.7 cm³/mol. The lowest BCUT2D eigenvalue weighted by atomic mass is 10.3. The Balaban J connectivity index is 2.38. The number of carbonyl (C=O) groups excluding carboxylic acids is 1. The average molecular weight is 196 g/mol. The Bertz CT molecular complexity index is 289. The quantitative estimate of drug-likeness (QED) is 0.684. The van der Waals surface area contributed by atoms with E-state index in [-0.39, 0.29) is 6.61 Å². The van der Waals surface area contributed by atoms with Crippen molar-refractivity contribution in [3.8, 4) is 5.75 Å². The summed E-state index contributed by atoms with van der Waals surface area (Å²) in [5.74, 6) is 0.0840. The number of ether oxygens (including phenoxy) is 2. The lowest BCUT2D eigenvalue weighted by Crippen LogP contribution is -2.37. The highest BCUT2D eigenvalue weighted by atomic mass is 16.5. The predicted octanol–water partition coefficient (Wildman–Crippen LogP) is -0.0393. The second-order valence-corrected chi connectivity index (χ2v) is 2.63. The molecule has 5 heteroatoms. The number of hydrogen-bond acceptors (Lipinski definition) is 5. The van der Waals surface area contributed by atoms with Crippen molar-refractivity contribution in [3.05, 3.63) is 24.5 Å². The molecule has 1 atom stereocenters. The van der Waals surface area contributed by atoms with Crippen LogP contribution in [0.3, 0.4) is 0 Å². The molecule has 1 heterocycles. The summed E-state index contributed by atoms with van der Waals surface area (Å²) in [5, 5.41) is 0. The van der Waals surface area contributed by atoms with Crippen molar-refractivity contribution in [1.29, 1.82) is 0 Å². The first-order chi connectivity index (χ1) is 6.74. The molecule has 1 aromatic heterocycles. The fourth-order valence-electron chi connectivity index (χ4n) is 0.838. The van der Waals surface area contributed by atoms with Gasteiger partial charge in [0.1, 0.15) is 18.4 Å². The van der Waals surface area contributed by atoms with Gasteiger partial charge in [-0.05, 0) is 12.1 Å². The van der Waals surface area contributed by atoms with Gasteiger partial charge in [-0.25, -0.2) is 0 Å². The highest BCUT2D eigenvalue weighted by Crippen LogP contribution is 2.05. The maximum atomic E-state index is 10.9. The number of nitrogens with two attached hydrogens (primary N) is 1. The van der Waals surface area contributed by atoms with Crippen LogP contribution in [0.5, 0.6) is 5.75 Å². The highest BCUT2D eigenvalue weighted by molar-refractivity contribution is 5.75. The minimum absolute atomic E-state index is 0.0817. The smallest absolute Gasteiger partial charge is 0.326 e. The summed E-state index contributed by atoms with van der Waals surface area (Å²) < 4.78 is 9.64. The molecule has 1 aromatic rings. The fourth-order valence-corrected chi connectivity index (χ4v) is 0.838. The highest BCUT2D eigenvalue weighted by Gasteiger charge is 2.13. The maximum Gasteiger partial charge on any atom is 0.326 e. The zero-order chi connectivity index (χ0) is 10.4. The van der Waals surface area contributed by atoms with Gasteiger partial charge in [-0.2, -0.15) is 0 Å². The number of nitrogens with zero attached hydrogens (tertiary/aromatic N) is 1. The number of aromatic nitrogens is 1. The first kappa shape index (κ1) is 10.5. The molecule has 0 spiro atoms. The summed E-state index contributed by atoms with van der Waals surface area (Å²) in [4.78, 5) is 14.7. The van der Waals surface area contributed by atoms with Crippen LogP contribution < -0.4 is 10.5 Å². The van der Waals surface area contributed by atoms with Gasteiger partial charge in [0.2, 0.25) is 0 Å². The number of hydrogen-bond donors (Lipinski definition) is 1. The van der Waals surface area contributed by atoms with Crippen LogP contribution in [0, 0.1) is 0 Å². The zero-order valence-electron chi connectivity index (χ0n) is 7.84. The molecule has 0 aromatic carbocycles. The lowest BCUT2D eigenvalue weighted by molar-refractivity contribution is -0.142. The first-order valence-corrected chi connectivity index (χ1v) is 4.10. The molecule has 0 amide bonds. The summed E-state index contributed by atoms with van der Waals surface area (Å²) in [6, 6.07) is 2.70. The topological polar surface area (TPSA) is 74.4 Å². The molecule has 14 heavy (non-hydrogen) atoms. The van der Waals surface area contributed by atoms with Gasteiger partial charge >= 0.3 is 5.97 Å². The largest absolute Gasteiger partial charge is 0.490 e. The van der Waals surface area contributed by atoms with E-state index in [1.165, 1.54) is 7.11 Å². The molecular weight excluding hydrogens is 184 g/mol. The van der Waals surface area contributed by atoms with Gasteiger partial charge in [0.05, 0.1) is 13.3 Å². The summed E-state index contributed by atoms with van der Waals surface area (Å²) in [6.45, 7) is 0.0817. The Morgan fingerprint density at radius 3 is 3.07 bits per heavy atom. The number of esters is 1. The van der Waals surface area contributed by atoms with Crippen LogP contribution >= 0.6 is 0 Å². The molecule has 1 rings (SSSR count). The molecule has 5 nitrogen and oxygen atoms in total. The standard InChI is InChI=1S/C9H12N2O3/c1-13-9(12)8(10)6-14-7-3-2-4-11-5-7/h2-5,8H,6,10H2,1H3/t8-/m0/s1. The second-order valence-electron chi connectivity index (χ2n) is 2.63. The maximum absolute atomic E-state index is 10.9. The third-order valence-electron chi connectivity index (χ3n) is 1.57. The van der Waals surface area contributed by atoms with Crippen LogP contribution in [0.25, 0.3) is 0 Å². The molecule has 0 bridgehead atoms. The van der Waals surface area contributed by atoms with E-state index in [4.69, 9.17) is 10.5 Å². The molecule has 0 unspecified atom stereocenters. The summed E-state index contributed by atoms with van der Waals surface area (Å²) in [7, 11) is 1.28. The van der Waals surface area contributed by atoms with Gasteiger partial charge in [0.15, 0.2) is 0 Å². The van der Waals surface area contributed by atoms with E-state index in [2.05, 4.69) is 9.72 Å². The van der Waals surface area contributed by atoms with Crippen molar-refractivity contribution in [2.24, 2.45) is 5.73 Å². The van der Waals surface area contributed by atoms with Gasteiger partial charge in [0.25, 0.3) is 0 Å². The van der Waals surface area contributed by atoms with E-state index in [0.29, 0.717) is 5.75 Å². The van der Waals surface area contributed by atoms with E-state index in [9.17, 15) is 4.79 Å². The van der Waals surface area contributed by atoms with E-state index >= 15 is 0 Å². The monoisotopic (exact) mass is 196 g/mol. The summed E-state index contributed by atoms with van der Waals surface area (Å²) in [6.07, 6.45) is 3.18. The molecule has 0 aliphatic rings. The molecule has 0 radical (unpaired) electrons. The third kappa shape index (κ3) is 3.02. The lowest BCUT2D eigenvalue weighted by Gasteiger charge is -2.10. The van der Waals surface area contributed by atoms with Crippen LogP contribution in [0.15, 0.2) is 24.5 Å². The third-order valence-corrected chi connectivity index (χ3v) is 1.57. The Hall–Kier alpha value is -1.62. The van der Waals surface area contributed by atoms with E-state index in [1.807, 2.05) is 0 Å². The summed E-state index contributed by atoms with van der Waals surface area (Å²) in [5.41, 5.74) is 5.46. The molecular formula is C9H12N2O3. The SMILES string of the molecule is COC(=O)[C@@H](N)COc1cccnc1. The molecule has 0 aliphatic carbocycles. The van der Waals surface area contributed by atoms with Crippen LogP contribution in [0.4, 0.5) is 0 Å². The Morgan fingerprint density at radius 1 is 1.71 bits per heavy atom. The van der Waals surface area contributed by atoms with Crippen molar-refractivity contribution in [2.45, 2.75) is 6.04 Å². The van der Waals surface area contributed by atoms with Crippen LogP contribution in [-0.2, 0) is 9.53 Å². The Labute approximate surface area is 81.8 Å². The van der Waals surface area contributed by atoms with Crippen molar-refractivity contribution in [1.82, 2.24) is 4.98 Å². The number of rotatable bonds is 4. The number of pyridine rings is 1. The molecule has 76 valence electrons. The van der Waals surface area contributed by atoms with Gasteiger partial charge in [-0.15, -0.1) is 0 Å². The van der Waals surface area contributed by atoms with E-state index in [1.54, 1.807) is 24.5 Å². The Kier molecular flexibility index (Phi) is 3.87. The Morgan fingerprint density at radius 2 is 2.50 bits per heavy atom. The molecule has 2 N–H and O–H groups in total. The number of methoxy groups -OCH3 is 1. The summed E-state index contributed by atoms with van der Waals surface area (Å²) >= 11 is 0. The van der Waals surface area contributed by atoms with Gasteiger partial charge < -0.3 is 15.2 Å². The average Bonchev–Trinajstić information content (AvgIpc) is 2.26. The minimum Gasteiger partial charge on any atom is -0.490 e. The second kappa shape index (κ2) is 5.18. The minimum atomic E-state index is -0.764. The van der Waals surface area contributed by atoms with Crippen molar-refractivity contribution in [2.75, 3.05) is 13.7 Å². The normalized spacial score (nSPS) is 11.9.